The number of anilines is 1. The van der Waals surface area contributed by atoms with Gasteiger partial charge in [0.25, 0.3) is 0 Å². The fourth-order valence-electron chi connectivity index (χ4n) is 3.94. The molecule has 6 heteroatoms. The lowest BCUT2D eigenvalue weighted by Crippen LogP contribution is -2.21. The number of hydrogen-bond donors (Lipinski definition) is 2. The number of ether oxygens (including phenoxy) is 1. The first-order chi connectivity index (χ1) is 12.0. The van der Waals surface area contributed by atoms with Crippen LogP contribution in [0.3, 0.4) is 0 Å². The van der Waals surface area contributed by atoms with Crippen LogP contribution in [0.5, 0.6) is 5.75 Å². The molecule has 0 unspecified atom stereocenters. The van der Waals surface area contributed by atoms with E-state index < -0.39 is 6.36 Å². The number of nitrogens with one attached hydrogen (secondary N) is 2. The highest BCUT2D eigenvalue weighted by Crippen LogP contribution is 2.45. The van der Waals surface area contributed by atoms with Crippen molar-refractivity contribution in [3.8, 4) is 16.9 Å². The van der Waals surface area contributed by atoms with Crippen molar-refractivity contribution < 1.29 is 17.9 Å². The van der Waals surface area contributed by atoms with Gasteiger partial charge in [-0.3, -0.25) is 0 Å². The maximum absolute atomic E-state index is 12.3. The molecule has 2 aliphatic heterocycles. The summed E-state index contributed by atoms with van der Waals surface area (Å²) in [5.41, 5.74) is 4.41. The van der Waals surface area contributed by atoms with Crippen molar-refractivity contribution in [1.82, 2.24) is 5.32 Å². The Morgan fingerprint density at radius 2 is 1.72 bits per heavy atom. The van der Waals surface area contributed by atoms with Gasteiger partial charge in [-0.15, -0.1) is 13.2 Å². The molecule has 2 atom stereocenters. The van der Waals surface area contributed by atoms with E-state index in [4.69, 9.17) is 0 Å². The Labute approximate surface area is 144 Å². The summed E-state index contributed by atoms with van der Waals surface area (Å²) in [7, 11) is 0. The Morgan fingerprint density at radius 1 is 0.960 bits per heavy atom. The molecule has 4 rings (SSSR count). The van der Waals surface area contributed by atoms with E-state index in [2.05, 4.69) is 21.4 Å². The zero-order chi connectivity index (χ0) is 17.4. The molecule has 1 fully saturated rings. The summed E-state index contributed by atoms with van der Waals surface area (Å²) < 4.78 is 41.0. The number of hydrogen-bond acceptors (Lipinski definition) is 3. The molecule has 132 valence electrons. The molecule has 2 heterocycles. The minimum Gasteiger partial charge on any atom is -0.406 e. The second kappa shape index (κ2) is 6.26. The molecule has 25 heavy (non-hydrogen) atoms. The van der Waals surface area contributed by atoms with Gasteiger partial charge in [-0.25, -0.2) is 0 Å². The molecule has 0 spiro atoms. The van der Waals surface area contributed by atoms with Crippen LogP contribution in [0.25, 0.3) is 11.1 Å². The third kappa shape index (κ3) is 3.31. The Kier molecular flexibility index (Phi) is 4.07. The van der Waals surface area contributed by atoms with Crippen LogP contribution in [-0.2, 0) is 0 Å². The van der Waals surface area contributed by atoms with E-state index in [-0.39, 0.29) is 5.75 Å². The van der Waals surface area contributed by atoms with Gasteiger partial charge in [0.2, 0.25) is 0 Å². The lowest BCUT2D eigenvalue weighted by molar-refractivity contribution is -0.274. The van der Waals surface area contributed by atoms with E-state index in [1.165, 1.54) is 17.7 Å². The Morgan fingerprint density at radius 3 is 2.48 bits per heavy atom. The highest BCUT2D eigenvalue weighted by atomic mass is 19.4. The quantitative estimate of drug-likeness (QED) is 0.838. The molecule has 0 aromatic heterocycles. The second-order valence-electron chi connectivity index (χ2n) is 6.52. The van der Waals surface area contributed by atoms with Crippen molar-refractivity contribution in [3.05, 3.63) is 48.0 Å². The summed E-state index contributed by atoms with van der Waals surface area (Å²) in [6.07, 6.45) is -2.55. The van der Waals surface area contributed by atoms with E-state index in [1.807, 2.05) is 12.1 Å². The Bertz CT molecular complexity index is 758. The summed E-state index contributed by atoms with van der Waals surface area (Å²) in [6, 6.07) is 12.7. The van der Waals surface area contributed by atoms with Gasteiger partial charge in [0.05, 0.1) is 0 Å². The average molecular weight is 348 g/mol. The van der Waals surface area contributed by atoms with Gasteiger partial charge in [-0.2, -0.15) is 0 Å². The molecule has 0 amide bonds. The molecular weight excluding hydrogens is 329 g/mol. The number of fused-ring (bicyclic) bond motifs is 3. The monoisotopic (exact) mass is 348 g/mol. The number of benzene rings is 2. The number of alkyl halides is 3. The van der Waals surface area contributed by atoms with E-state index >= 15 is 0 Å². The van der Waals surface area contributed by atoms with Crippen LogP contribution in [-0.4, -0.2) is 25.5 Å². The molecule has 1 saturated heterocycles. The normalized spacial score (nSPS) is 22.5. The van der Waals surface area contributed by atoms with E-state index in [0.717, 1.165) is 42.7 Å². The van der Waals surface area contributed by atoms with E-state index in [9.17, 15) is 13.2 Å². The predicted molar refractivity (Wildman–Crippen MR) is 90.8 cm³/mol. The maximum atomic E-state index is 12.3. The zero-order valence-corrected chi connectivity index (χ0v) is 13.6. The fourth-order valence-corrected chi connectivity index (χ4v) is 3.94. The molecule has 2 aliphatic rings. The van der Waals surface area contributed by atoms with E-state index in [1.54, 1.807) is 12.1 Å². The molecule has 0 aliphatic carbocycles. The number of halogens is 3. The standard InChI is InChI=1S/C19H19F3N2O/c20-19(21,22)25-13-6-4-12(5-7-13)14-2-1-3-17-18(14)15-8-10-23-11-9-16(15)24-17/h1-7,15-16,23-24H,8-11H2/t15-,16-/m0/s1. The average Bonchev–Trinajstić information content (AvgIpc) is 2.76. The first-order valence-electron chi connectivity index (χ1n) is 8.47. The van der Waals surface area contributed by atoms with Crippen molar-refractivity contribution in [2.24, 2.45) is 0 Å². The van der Waals surface area contributed by atoms with Crippen LogP contribution < -0.4 is 15.4 Å². The van der Waals surface area contributed by atoms with Gasteiger partial charge in [-0.1, -0.05) is 24.3 Å². The third-order valence-corrected chi connectivity index (χ3v) is 4.97. The molecule has 3 nitrogen and oxygen atoms in total. The SMILES string of the molecule is FC(F)(F)Oc1ccc(-c2cccc3c2[C@H]2CCNCC[C@@H]2N3)cc1. The minimum absolute atomic E-state index is 0.196. The van der Waals surface area contributed by atoms with Gasteiger partial charge < -0.3 is 15.4 Å². The maximum Gasteiger partial charge on any atom is 0.573 e. The first-order valence-corrected chi connectivity index (χ1v) is 8.47. The summed E-state index contributed by atoms with van der Waals surface area (Å²) in [4.78, 5) is 0. The summed E-state index contributed by atoms with van der Waals surface area (Å²) in [5, 5.41) is 7.05. The summed E-state index contributed by atoms with van der Waals surface area (Å²) in [6.45, 7) is 1.98. The van der Waals surface area contributed by atoms with E-state index in [0.29, 0.717) is 12.0 Å². The van der Waals surface area contributed by atoms with Crippen molar-refractivity contribution >= 4 is 5.69 Å². The lowest BCUT2D eigenvalue weighted by atomic mass is 9.86. The largest absolute Gasteiger partial charge is 0.573 e. The summed E-state index contributed by atoms with van der Waals surface area (Å²) in [5.74, 6) is 0.228. The van der Waals surface area contributed by atoms with Gasteiger partial charge in [0.1, 0.15) is 5.75 Å². The van der Waals surface area contributed by atoms with Gasteiger partial charge in [0, 0.05) is 17.6 Å². The Balaban J connectivity index is 1.67. The molecule has 2 N–H and O–H groups in total. The van der Waals surface area contributed by atoms with Gasteiger partial charge in [0.15, 0.2) is 0 Å². The topological polar surface area (TPSA) is 33.3 Å². The predicted octanol–water partition coefficient (Wildman–Crippen LogP) is 4.51. The van der Waals surface area contributed by atoms with Crippen molar-refractivity contribution in [2.75, 3.05) is 18.4 Å². The number of rotatable bonds is 2. The molecule has 0 radical (unpaired) electrons. The fraction of sp³-hybridized carbons (Fsp3) is 0.368. The first kappa shape index (κ1) is 16.3. The van der Waals surface area contributed by atoms with Crippen LogP contribution in [0.15, 0.2) is 42.5 Å². The smallest absolute Gasteiger partial charge is 0.406 e. The van der Waals surface area contributed by atoms with Crippen molar-refractivity contribution in [3.63, 3.8) is 0 Å². The minimum atomic E-state index is -4.67. The third-order valence-electron chi connectivity index (χ3n) is 4.97. The molecule has 0 bridgehead atoms. The lowest BCUT2D eigenvalue weighted by Gasteiger charge is -2.18. The molecule has 0 saturated carbocycles. The molecule has 2 aromatic rings. The van der Waals surface area contributed by atoms with Crippen LogP contribution in [0.2, 0.25) is 0 Å². The van der Waals surface area contributed by atoms with Crippen molar-refractivity contribution in [1.29, 1.82) is 0 Å². The van der Waals surface area contributed by atoms with Crippen molar-refractivity contribution in [2.45, 2.75) is 31.2 Å². The van der Waals surface area contributed by atoms with Gasteiger partial charge in [-0.05, 0) is 60.8 Å². The Hall–Kier alpha value is -2.21. The van der Waals surface area contributed by atoms with Crippen LogP contribution in [0.4, 0.5) is 18.9 Å². The summed E-state index contributed by atoms with van der Waals surface area (Å²) >= 11 is 0. The van der Waals surface area contributed by atoms with Crippen LogP contribution >= 0.6 is 0 Å². The van der Waals surface area contributed by atoms with Crippen LogP contribution in [0.1, 0.15) is 24.3 Å². The molecule has 2 aromatic carbocycles. The van der Waals surface area contributed by atoms with Gasteiger partial charge >= 0.3 is 6.36 Å². The highest BCUT2D eigenvalue weighted by Gasteiger charge is 2.35. The highest BCUT2D eigenvalue weighted by molar-refractivity contribution is 5.78. The second-order valence-corrected chi connectivity index (χ2v) is 6.52. The molecular formula is C19H19F3N2O. The van der Waals surface area contributed by atoms with Crippen LogP contribution in [0, 0.1) is 0 Å². The zero-order valence-electron chi connectivity index (χ0n) is 13.6.